The number of nitrogens with one attached hydrogen (secondary N) is 3. The molecule has 4 aromatic heterocycles. The van der Waals surface area contributed by atoms with Gasteiger partial charge < -0.3 is 15.4 Å². The zero-order valence-electron chi connectivity index (χ0n) is 17.3. The number of aromatic nitrogens is 7. The van der Waals surface area contributed by atoms with Crippen LogP contribution < -0.4 is 10.6 Å². The Morgan fingerprint density at radius 3 is 2.78 bits per heavy atom. The average molecular weight is 441 g/mol. The number of halogens is 2. The Bertz CT molecular complexity index is 1250. The van der Waals surface area contributed by atoms with E-state index in [1.165, 1.54) is 0 Å². The minimum atomic E-state index is -0.740. The summed E-state index contributed by atoms with van der Waals surface area (Å²) in [5.74, 6) is -0.110. The first-order valence-corrected chi connectivity index (χ1v) is 10.2. The van der Waals surface area contributed by atoms with Crippen LogP contribution in [0.2, 0.25) is 0 Å². The van der Waals surface area contributed by atoms with Crippen molar-refractivity contribution in [1.29, 1.82) is 0 Å². The van der Waals surface area contributed by atoms with Gasteiger partial charge in [0.1, 0.15) is 17.5 Å². The second-order valence-electron chi connectivity index (χ2n) is 7.56. The normalized spacial score (nSPS) is 14.7. The zero-order chi connectivity index (χ0) is 22.1. The molecule has 3 N–H and O–H groups in total. The van der Waals surface area contributed by atoms with Crippen molar-refractivity contribution < 1.29 is 13.5 Å². The number of hydrogen-bond donors (Lipinski definition) is 3. The van der Waals surface area contributed by atoms with Crippen molar-refractivity contribution in [3.05, 3.63) is 47.5 Å². The van der Waals surface area contributed by atoms with Crippen molar-refractivity contribution in [2.24, 2.45) is 0 Å². The number of rotatable bonds is 6. The summed E-state index contributed by atoms with van der Waals surface area (Å²) in [4.78, 5) is 13.0. The smallest absolute Gasteiger partial charge is 0.227 e. The van der Waals surface area contributed by atoms with Gasteiger partial charge in [-0.25, -0.2) is 13.5 Å². The largest absolute Gasteiger partial charge is 0.381 e. The topological polar surface area (TPSA) is 118 Å². The number of fused-ring (bicyclic) bond motifs is 1. The van der Waals surface area contributed by atoms with E-state index in [0.717, 1.165) is 36.2 Å². The fourth-order valence-electron chi connectivity index (χ4n) is 3.64. The molecular formula is C20H21F2N9O. The second kappa shape index (κ2) is 8.46. The van der Waals surface area contributed by atoms with Crippen molar-refractivity contribution in [1.82, 2.24) is 34.9 Å². The van der Waals surface area contributed by atoms with Crippen molar-refractivity contribution in [3.8, 4) is 0 Å². The third-order valence-electron chi connectivity index (χ3n) is 5.24. The van der Waals surface area contributed by atoms with Crippen LogP contribution in [0.5, 0.6) is 0 Å². The number of nitrogens with zero attached hydrogens (tertiary/aromatic N) is 6. The Hall–Kier alpha value is -3.67. The van der Waals surface area contributed by atoms with Crippen molar-refractivity contribution in [2.45, 2.75) is 32.4 Å². The average Bonchev–Trinajstić information content (AvgIpc) is 3.40. The maximum absolute atomic E-state index is 14.0. The van der Waals surface area contributed by atoms with Crippen LogP contribution in [0, 0.1) is 18.6 Å². The Labute approximate surface area is 181 Å². The summed E-state index contributed by atoms with van der Waals surface area (Å²) in [6, 6.07) is 2.80. The van der Waals surface area contributed by atoms with Gasteiger partial charge in [0.15, 0.2) is 11.5 Å². The van der Waals surface area contributed by atoms with Gasteiger partial charge in [0, 0.05) is 31.0 Å². The number of aromatic amines is 1. The third kappa shape index (κ3) is 4.08. The molecular weight excluding hydrogens is 420 g/mol. The molecule has 0 bridgehead atoms. The van der Waals surface area contributed by atoms with Crippen LogP contribution in [0.25, 0.3) is 11.0 Å². The number of H-pyrrole nitrogens is 1. The molecule has 0 spiro atoms. The standard InChI is InChI=1S/C20H21F2N9O/c1-11-6-17(30-29-11)26-18-14-9-25-31(13-2-4-32-5-3-13)19(14)28-20(27-18)24-10-16-15(22)7-12(21)8-23-16/h6-9,13H,2-5,10H2,1H3,(H3,24,26,27,28,29,30). The zero-order valence-corrected chi connectivity index (χ0v) is 17.3. The number of ether oxygens (including phenoxy) is 1. The molecule has 5 rings (SSSR count). The SMILES string of the molecule is Cc1cc(Nc2nc(NCc3ncc(F)cc3F)nc3c2cnn3C2CCOCC2)n[nH]1. The Balaban J connectivity index is 1.50. The summed E-state index contributed by atoms with van der Waals surface area (Å²) in [6.45, 7) is 3.21. The summed E-state index contributed by atoms with van der Waals surface area (Å²) in [5, 5.41) is 18.5. The van der Waals surface area contributed by atoms with E-state index in [0.29, 0.717) is 30.5 Å². The van der Waals surface area contributed by atoms with Gasteiger partial charge in [0.25, 0.3) is 0 Å². The predicted molar refractivity (Wildman–Crippen MR) is 113 cm³/mol. The van der Waals surface area contributed by atoms with Gasteiger partial charge in [-0.05, 0) is 19.8 Å². The fourth-order valence-corrected chi connectivity index (χ4v) is 3.64. The first kappa shape index (κ1) is 20.2. The highest BCUT2D eigenvalue weighted by atomic mass is 19.1. The summed E-state index contributed by atoms with van der Waals surface area (Å²) >= 11 is 0. The van der Waals surface area contributed by atoms with Gasteiger partial charge >= 0.3 is 0 Å². The molecule has 5 heterocycles. The van der Waals surface area contributed by atoms with E-state index in [9.17, 15) is 8.78 Å². The molecule has 1 aliphatic heterocycles. The summed E-state index contributed by atoms with van der Waals surface area (Å²) in [7, 11) is 0. The van der Waals surface area contributed by atoms with E-state index < -0.39 is 11.6 Å². The van der Waals surface area contributed by atoms with Gasteiger partial charge in [-0.2, -0.15) is 20.2 Å². The summed E-state index contributed by atoms with van der Waals surface area (Å²) in [5.41, 5.74) is 1.59. The fraction of sp³-hybridized carbons (Fsp3) is 0.350. The van der Waals surface area contributed by atoms with E-state index >= 15 is 0 Å². The molecule has 32 heavy (non-hydrogen) atoms. The molecule has 1 fully saturated rings. The Kier molecular flexibility index (Phi) is 5.35. The Morgan fingerprint density at radius 1 is 1.19 bits per heavy atom. The monoisotopic (exact) mass is 441 g/mol. The number of pyridine rings is 1. The van der Waals surface area contributed by atoms with Crippen LogP contribution in [0.3, 0.4) is 0 Å². The predicted octanol–water partition coefficient (Wildman–Crippen LogP) is 3.24. The highest BCUT2D eigenvalue weighted by Gasteiger charge is 2.22. The van der Waals surface area contributed by atoms with Gasteiger partial charge in [-0.15, -0.1) is 0 Å². The van der Waals surface area contributed by atoms with E-state index in [1.54, 1.807) is 6.20 Å². The maximum Gasteiger partial charge on any atom is 0.227 e. The quantitative estimate of drug-likeness (QED) is 0.417. The second-order valence-corrected chi connectivity index (χ2v) is 7.56. The molecule has 0 saturated carbocycles. The Morgan fingerprint density at radius 2 is 2.03 bits per heavy atom. The molecule has 0 unspecified atom stereocenters. The van der Waals surface area contributed by atoms with Crippen LogP contribution in [0.4, 0.5) is 26.4 Å². The molecule has 1 saturated heterocycles. The summed E-state index contributed by atoms with van der Waals surface area (Å²) in [6.07, 6.45) is 4.35. The lowest BCUT2D eigenvalue weighted by molar-refractivity contribution is 0.0673. The van der Waals surface area contributed by atoms with E-state index in [-0.39, 0.29) is 24.2 Å². The molecule has 12 heteroatoms. The van der Waals surface area contributed by atoms with Crippen LogP contribution in [0.1, 0.15) is 30.3 Å². The molecule has 0 radical (unpaired) electrons. The lowest BCUT2D eigenvalue weighted by Gasteiger charge is -2.22. The van der Waals surface area contributed by atoms with Crippen LogP contribution in [-0.4, -0.2) is 48.1 Å². The highest BCUT2D eigenvalue weighted by molar-refractivity contribution is 5.89. The van der Waals surface area contributed by atoms with Crippen LogP contribution in [0.15, 0.2) is 24.5 Å². The minimum absolute atomic E-state index is 0.00994. The lowest BCUT2D eigenvalue weighted by Crippen LogP contribution is -2.21. The molecule has 0 atom stereocenters. The third-order valence-corrected chi connectivity index (χ3v) is 5.24. The number of aryl methyl sites for hydroxylation is 1. The van der Waals surface area contributed by atoms with Gasteiger partial charge in [-0.3, -0.25) is 10.1 Å². The molecule has 166 valence electrons. The van der Waals surface area contributed by atoms with Crippen molar-refractivity contribution >= 4 is 28.6 Å². The first-order valence-electron chi connectivity index (χ1n) is 10.2. The van der Waals surface area contributed by atoms with Crippen LogP contribution >= 0.6 is 0 Å². The van der Waals surface area contributed by atoms with Crippen LogP contribution in [-0.2, 0) is 11.3 Å². The molecule has 0 aliphatic carbocycles. The summed E-state index contributed by atoms with van der Waals surface area (Å²) < 4.78 is 34.5. The maximum atomic E-state index is 14.0. The molecule has 1 aliphatic rings. The van der Waals surface area contributed by atoms with Crippen molar-refractivity contribution in [2.75, 3.05) is 23.8 Å². The van der Waals surface area contributed by atoms with E-state index in [2.05, 4.69) is 40.9 Å². The van der Waals surface area contributed by atoms with Gasteiger partial charge in [0.2, 0.25) is 5.95 Å². The van der Waals surface area contributed by atoms with Gasteiger partial charge in [0.05, 0.1) is 36.1 Å². The molecule has 0 aromatic carbocycles. The lowest BCUT2D eigenvalue weighted by atomic mass is 10.1. The van der Waals surface area contributed by atoms with E-state index in [1.807, 2.05) is 17.7 Å². The number of hydrogen-bond acceptors (Lipinski definition) is 8. The minimum Gasteiger partial charge on any atom is -0.381 e. The first-order chi connectivity index (χ1) is 15.6. The molecule has 10 nitrogen and oxygen atoms in total. The highest BCUT2D eigenvalue weighted by Crippen LogP contribution is 2.29. The number of anilines is 3. The molecule has 4 aromatic rings. The molecule has 0 amide bonds. The van der Waals surface area contributed by atoms with Crippen molar-refractivity contribution in [3.63, 3.8) is 0 Å². The van der Waals surface area contributed by atoms with E-state index in [4.69, 9.17) is 4.74 Å². The van der Waals surface area contributed by atoms with Gasteiger partial charge in [-0.1, -0.05) is 0 Å².